The number of carbonyl (C=O) groups excluding carboxylic acids is 1. The fraction of sp³-hybridized carbons (Fsp3) is 0.273. The number of pyridine rings is 1. The molecule has 1 atom stereocenters. The van der Waals surface area contributed by atoms with Crippen LogP contribution in [0.25, 0.3) is 10.9 Å². The van der Waals surface area contributed by atoms with E-state index in [-0.39, 0.29) is 22.9 Å². The molecule has 0 saturated carbocycles. The van der Waals surface area contributed by atoms with Gasteiger partial charge in [-0.1, -0.05) is 28.1 Å². The van der Waals surface area contributed by atoms with Crippen LogP contribution in [0.1, 0.15) is 34.8 Å². The van der Waals surface area contributed by atoms with Crippen molar-refractivity contribution in [2.75, 3.05) is 4.90 Å². The first-order valence-electron chi connectivity index (χ1n) is 9.31. The summed E-state index contributed by atoms with van der Waals surface area (Å²) in [6.07, 6.45) is 4.58. The van der Waals surface area contributed by atoms with Gasteiger partial charge >= 0.3 is 0 Å². The predicted molar refractivity (Wildman–Crippen MR) is 111 cm³/mol. The van der Waals surface area contributed by atoms with Crippen molar-refractivity contribution in [2.45, 2.75) is 38.8 Å². The molecular weight excluding hydrogens is 404 g/mol. The third-order valence-electron chi connectivity index (χ3n) is 5.73. The Bertz CT molecular complexity index is 1160. The zero-order valence-corrected chi connectivity index (χ0v) is 16.6. The third-order valence-corrected chi connectivity index (χ3v) is 6.23. The molecule has 5 rings (SSSR count). The lowest BCUT2D eigenvalue weighted by atomic mass is 9.99. The van der Waals surface area contributed by atoms with Crippen LogP contribution >= 0.6 is 15.9 Å². The normalized spacial score (nSPS) is 18.0. The predicted octanol–water partition coefficient (Wildman–Crippen LogP) is 4.30. The van der Waals surface area contributed by atoms with Gasteiger partial charge in [0.25, 0.3) is 5.91 Å². The summed E-state index contributed by atoms with van der Waals surface area (Å²) in [5.74, 6) is -0.199. The van der Waals surface area contributed by atoms with E-state index in [0.717, 1.165) is 47.0 Å². The molecule has 1 amide bonds. The van der Waals surface area contributed by atoms with E-state index < -0.39 is 0 Å². The summed E-state index contributed by atoms with van der Waals surface area (Å²) < 4.78 is 3.09. The number of fused-ring (bicyclic) bond motifs is 1. The van der Waals surface area contributed by atoms with Gasteiger partial charge in [0.1, 0.15) is 5.56 Å². The molecule has 3 heterocycles. The van der Waals surface area contributed by atoms with Crippen LogP contribution in [0.4, 0.5) is 5.69 Å². The van der Waals surface area contributed by atoms with Crippen molar-refractivity contribution in [3.8, 4) is 0 Å². The summed E-state index contributed by atoms with van der Waals surface area (Å²) in [5.41, 5.74) is 4.33. The summed E-state index contributed by atoms with van der Waals surface area (Å²) in [7, 11) is 0. The first-order chi connectivity index (χ1) is 13.0. The first kappa shape index (κ1) is 16.8. The zero-order chi connectivity index (χ0) is 18.7. The van der Waals surface area contributed by atoms with Gasteiger partial charge in [-0.2, -0.15) is 0 Å². The molecule has 136 valence electrons. The molecule has 1 aromatic heterocycles. The smallest absolute Gasteiger partial charge is 0.264 e. The number of para-hydroxylation sites is 1. The van der Waals surface area contributed by atoms with Crippen LogP contribution in [0.2, 0.25) is 0 Å². The standard InChI is InChI=1S/C22H19BrN2O2/c1-13-10-15-11-16(23)7-8-19(15)25(13)22(27)18-12-24-9-3-5-14-4-2-6-17(20(14)24)21(18)26/h2,4,6-8,11-13H,3,5,9-10H2,1H3. The Morgan fingerprint density at radius 3 is 2.89 bits per heavy atom. The van der Waals surface area contributed by atoms with Crippen LogP contribution in [0.15, 0.2) is 51.9 Å². The van der Waals surface area contributed by atoms with Crippen molar-refractivity contribution in [1.29, 1.82) is 0 Å². The van der Waals surface area contributed by atoms with E-state index in [1.165, 1.54) is 5.56 Å². The maximum absolute atomic E-state index is 13.4. The van der Waals surface area contributed by atoms with E-state index in [0.29, 0.717) is 5.39 Å². The minimum Gasteiger partial charge on any atom is -0.346 e. The Balaban J connectivity index is 1.68. The molecule has 2 aromatic carbocycles. The Morgan fingerprint density at radius 2 is 2.04 bits per heavy atom. The van der Waals surface area contributed by atoms with E-state index >= 15 is 0 Å². The highest BCUT2D eigenvalue weighted by Crippen LogP contribution is 2.35. The Hall–Kier alpha value is -2.40. The largest absolute Gasteiger partial charge is 0.346 e. The number of aryl methyl sites for hydroxylation is 2. The fourth-order valence-corrected chi connectivity index (χ4v) is 4.96. The molecule has 27 heavy (non-hydrogen) atoms. The van der Waals surface area contributed by atoms with Crippen molar-refractivity contribution in [3.63, 3.8) is 0 Å². The fourth-order valence-electron chi connectivity index (χ4n) is 4.55. The monoisotopic (exact) mass is 422 g/mol. The number of anilines is 1. The second kappa shape index (κ2) is 6.06. The highest BCUT2D eigenvalue weighted by molar-refractivity contribution is 9.10. The SMILES string of the molecule is CC1Cc2cc(Br)ccc2N1C(=O)c1cn2c3c(cccc3c1=O)CCC2. The molecule has 1 unspecified atom stereocenters. The van der Waals surface area contributed by atoms with Crippen LogP contribution < -0.4 is 10.3 Å². The minimum absolute atomic E-state index is 0.0320. The van der Waals surface area contributed by atoms with Crippen LogP contribution in [0.5, 0.6) is 0 Å². The third kappa shape index (κ3) is 2.48. The van der Waals surface area contributed by atoms with Crippen molar-refractivity contribution in [3.05, 3.63) is 74.0 Å². The van der Waals surface area contributed by atoms with E-state index in [1.54, 1.807) is 11.1 Å². The quantitative estimate of drug-likeness (QED) is 0.586. The topological polar surface area (TPSA) is 42.3 Å². The van der Waals surface area contributed by atoms with Crippen molar-refractivity contribution in [1.82, 2.24) is 4.57 Å². The number of aromatic nitrogens is 1. The number of amides is 1. The van der Waals surface area contributed by atoms with Gasteiger partial charge in [-0.3, -0.25) is 9.59 Å². The van der Waals surface area contributed by atoms with E-state index in [9.17, 15) is 9.59 Å². The molecule has 0 saturated heterocycles. The first-order valence-corrected chi connectivity index (χ1v) is 10.1. The lowest BCUT2D eigenvalue weighted by Gasteiger charge is -2.25. The number of benzene rings is 2. The van der Waals surface area contributed by atoms with Crippen LogP contribution in [-0.2, 0) is 19.4 Å². The van der Waals surface area contributed by atoms with Crippen LogP contribution in [0, 0.1) is 0 Å². The van der Waals surface area contributed by atoms with Gasteiger partial charge < -0.3 is 9.47 Å². The molecule has 2 aliphatic rings. The summed E-state index contributed by atoms with van der Waals surface area (Å²) in [5, 5.41) is 0.654. The van der Waals surface area contributed by atoms with Crippen LogP contribution in [-0.4, -0.2) is 16.5 Å². The van der Waals surface area contributed by atoms with Gasteiger partial charge in [-0.15, -0.1) is 0 Å². The molecule has 5 heteroatoms. The molecule has 0 N–H and O–H groups in total. The van der Waals surface area contributed by atoms with Gasteiger partial charge in [0.05, 0.1) is 5.52 Å². The molecule has 0 fully saturated rings. The minimum atomic E-state index is -0.199. The van der Waals surface area contributed by atoms with Crippen molar-refractivity contribution >= 4 is 38.4 Å². The molecule has 3 aromatic rings. The number of halogens is 1. The van der Waals surface area contributed by atoms with Gasteiger partial charge in [-0.05, 0) is 61.6 Å². The number of carbonyl (C=O) groups is 1. The Labute approximate surface area is 165 Å². The van der Waals surface area contributed by atoms with E-state index in [1.807, 2.05) is 31.2 Å². The second-order valence-corrected chi connectivity index (χ2v) is 8.40. The highest BCUT2D eigenvalue weighted by Gasteiger charge is 2.33. The average Bonchev–Trinajstić information content (AvgIpc) is 2.98. The van der Waals surface area contributed by atoms with Crippen molar-refractivity contribution < 1.29 is 4.79 Å². The molecule has 2 aliphatic heterocycles. The molecule has 0 aliphatic carbocycles. The summed E-state index contributed by atoms with van der Waals surface area (Å²) in [6, 6.07) is 11.8. The van der Waals surface area contributed by atoms with Gasteiger partial charge in [0.15, 0.2) is 0 Å². The number of hydrogen-bond donors (Lipinski definition) is 0. The van der Waals surface area contributed by atoms with Crippen LogP contribution in [0.3, 0.4) is 0 Å². The Morgan fingerprint density at radius 1 is 1.19 bits per heavy atom. The summed E-state index contributed by atoms with van der Waals surface area (Å²) in [4.78, 5) is 28.4. The van der Waals surface area contributed by atoms with Gasteiger partial charge in [0.2, 0.25) is 5.43 Å². The van der Waals surface area contributed by atoms with E-state index in [4.69, 9.17) is 0 Å². The van der Waals surface area contributed by atoms with E-state index in [2.05, 4.69) is 32.6 Å². The van der Waals surface area contributed by atoms with Crippen molar-refractivity contribution in [2.24, 2.45) is 0 Å². The summed E-state index contributed by atoms with van der Waals surface area (Å²) in [6.45, 7) is 2.87. The zero-order valence-electron chi connectivity index (χ0n) is 15.0. The number of rotatable bonds is 1. The Kier molecular flexibility index (Phi) is 3.76. The molecule has 0 radical (unpaired) electrons. The summed E-state index contributed by atoms with van der Waals surface area (Å²) >= 11 is 3.50. The van der Waals surface area contributed by atoms with Gasteiger partial charge in [-0.25, -0.2) is 0 Å². The van der Waals surface area contributed by atoms with Gasteiger partial charge in [0, 0.05) is 34.3 Å². The molecule has 0 spiro atoms. The maximum Gasteiger partial charge on any atom is 0.264 e. The number of nitrogens with zero attached hydrogens (tertiary/aromatic N) is 2. The molecular formula is C22H19BrN2O2. The lowest BCUT2D eigenvalue weighted by Crippen LogP contribution is -2.39. The lowest BCUT2D eigenvalue weighted by molar-refractivity contribution is 0.0980. The highest BCUT2D eigenvalue weighted by atomic mass is 79.9. The number of hydrogen-bond acceptors (Lipinski definition) is 2. The molecule has 4 nitrogen and oxygen atoms in total. The second-order valence-electron chi connectivity index (χ2n) is 7.48. The molecule has 0 bridgehead atoms. The average molecular weight is 423 g/mol. The maximum atomic E-state index is 13.4.